The van der Waals surface area contributed by atoms with Gasteiger partial charge in [0.2, 0.25) is 5.91 Å². The van der Waals surface area contributed by atoms with Crippen molar-refractivity contribution < 1.29 is 19.4 Å². The summed E-state index contributed by atoms with van der Waals surface area (Å²) < 4.78 is 5.19. The molecule has 0 bridgehead atoms. The zero-order valence-corrected chi connectivity index (χ0v) is 11.1. The van der Waals surface area contributed by atoms with E-state index in [-0.39, 0.29) is 17.3 Å². The third-order valence-corrected chi connectivity index (χ3v) is 4.88. The number of hydrogen-bond donors (Lipinski definition) is 2. The normalized spacial score (nSPS) is 36.0. The van der Waals surface area contributed by atoms with Crippen LogP contribution < -0.4 is 5.73 Å². The summed E-state index contributed by atoms with van der Waals surface area (Å²) in [4.78, 5) is 25.1. The largest absolute Gasteiger partial charge is 0.480 e. The number of carbonyl (C=O) groups excluding carboxylic acids is 1. The fourth-order valence-corrected chi connectivity index (χ4v) is 3.74. The van der Waals surface area contributed by atoms with E-state index in [2.05, 4.69) is 0 Å². The highest BCUT2D eigenvalue weighted by molar-refractivity contribution is 8.00. The van der Waals surface area contributed by atoms with E-state index in [1.165, 1.54) is 16.7 Å². The van der Waals surface area contributed by atoms with Crippen molar-refractivity contribution in [1.82, 2.24) is 4.90 Å². The van der Waals surface area contributed by atoms with Crippen molar-refractivity contribution >= 4 is 23.6 Å². The number of aliphatic carboxylic acids is 1. The molecule has 4 unspecified atom stereocenters. The SMILES string of the molecule is CCC1SCC(C(=O)O)N1C(=O)C1COCC1N. The maximum atomic E-state index is 12.4. The Kier molecular flexibility index (Phi) is 4.14. The predicted molar refractivity (Wildman–Crippen MR) is 67.1 cm³/mol. The van der Waals surface area contributed by atoms with Crippen molar-refractivity contribution in [2.75, 3.05) is 19.0 Å². The molecule has 6 nitrogen and oxygen atoms in total. The Balaban J connectivity index is 2.16. The standard InChI is InChI=1S/C11H18N2O4S/c1-2-9-13(8(5-18-9)11(15)16)10(14)6-3-17-4-7(6)12/h6-9H,2-5,12H2,1H3,(H,15,16). The highest BCUT2D eigenvalue weighted by Gasteiger charge is 2.45. The van der Waals surface area contributed by atoms with E-state index in [1.54, 1.807) is 0 Å². The molecule has 18 heavy (non-hydrogen) atoms. The molecule has 1 amide bonds. The molecule has 4 atom stereocenters. The highest BCUT2D eigenvalue weighted by atomic mass is 32.2. The average Bonchev–Trinajstić information content (AvgIpc) is 2.93. The summed E-state index contributed by atoms with van der Waals surface area (Å²) in [6, 6.07) is -1.06. The minimum atomic E-state index is -0.945. The monoisotopic (exact) mass is 274 g/mol. The highest BCUT2D eigenvalue weighted by Crippen LogP contribution is 2.33. The first kappa shape index (κ1) is 13.6. The van der Waals surface area contributed by atoms with Crippen molar-refractivity contribution in [3.63, 3.8) is 0 Å². The number of hydrogen-bond acceptors (Lipinski definition) is 5. The molecule has 0 saturated carbocycles. The summed E-state index contributed by atoms with van der Waals surface area (Å²) in [7, 11) is 0. The Morgan fingerprint density at radius 1 is 1.50 bits per heavy atom. The van der Waals surface area contributed by atoms with Gasteiger partial charge >= 0.3 is 5.97 Å². The van der Waals surface area contributed by atoms with Gasteiger partial charge < -0.3 is 20.5 Å². The van der Waals surface area contributed by atoms with Gasteiger partial charge in [0.05, 0.1) is 24.5 Å². The minimum Gasteiger partial charge on any atom is -0.480 e. The predicted octanol–water partition coefficient (Wildman–Crippen LogP) is -0.275. The van der Waals surface area contributed by atoms with Crippen LogP contribution in [0.2, 0.25) is 0 Å². The number of ether oxygens (including phenoxy) is 1. The Morgan fingerprint density at radius 2 is 2.22 bits per heavy atom. The van der Waals surface area contributed by atoms with Gasteiger partial charge in [0.15, 0.2) is 0 Å². The number of amides is 1. The number of nitrogens with zero attached hydrogens (tertiary/aromatic N) is 1. The molecule has 0 aromatic carbocycles. The van der Waals surface area contributed by atoms with E-state index in [1.807, 2.05) is 6.92 Å². The van der Waals surface area contributed by atoms with Crippen LogP contribution in [0.1, 0.15) is 13.3 Å². The van der Waals surface area contributed by atoms with Gasteiger partial charge in [0.25, 0.3) is 0 Å². The second-order valence-electron chi connectivity index (χ2n) is 4.60. The summed E-state index contributed by atoms with van der Waals surface area (Å²) in [6.45, 7) is 2.61. The Morgan fingerprint density at radius 3 is 2.72 bits per heavy atom. The van der Waals surface area contributed by atoms with Gasteiger partial charge in [-0.05, 0) is 6.42 Å². The third kappa shape index (κ3) is 2.34. The molecule has 0 aromatic heterocycles. The lowest BCUT2D eigenvalue weighted by Crippen LogP contribution is -2.51. The molecule has 2 rings (SSSR count). The molecule has 2 fully saturated rings. The van der Waals surface area contributed by atoms with E-state index in [9.17, 15) is 14.7 Å². The molecule has 2 aliphatic rings. The molecule has 2 aliphatic heterocycles. The quantitative estimate of drug-likeness (QED) is 0.735. The van der Waals surface area contributed by atoms with Crippen molar-refractivity contribution in [2.24, 2.45) is 11.7 Å². The van der Waals surface area contributed by atoms with Crippen LogP contribution in [0.3, 0.4) is 0 Å². The zero-order valence-electron chi connectivity index (χ0n) is 10.2. The maximum absolute atomic E-state index is 12.4. The van der Waals surface area contributed by atoms with Crippen LogP contribution in [-0.2, 0) is 14.3 Å². The summed E-state index contributed by atoms with van der Waals surface area (Å²) >= 11 is 1.52. The minimum absolute atomic E-state index is 0.0635. The first-order valence-corrected chi connectivity index (χ1v) is 7.11. The topological polar surface area (TPSA) is 92.9 Å². The third-order valence-electron chi connectivity index (χ3n) is 3.42. The van der Waals surface area contributed by atoms with Crippen LogP contribution in [0.4, 0.5) is 0 Å². The van der Waals surface area contributed by atoms with Gasteiger partial charge in [0, 0.05) is 11.8 Å². The van der Waals surface area contributed by atoms with Gasteiger partial charge in [-0.1, -0.05) is 6.92 Å². The molecule has 2 heterocycles. The van der Waals surface area contributed by atoms with Crippen molar-refractivity contribution in [3.8, 4) is 0 Å². The maximum Gasteiger partial charge on any atom is 0.327 e. The lowest BCUT2D eigenvalue weighted by molar-refractivity contribution is -0.151. The summed E-state index contributed by atoms with van der Waals surface area (Å²) in [5.74, 6) is -1.08. The number of carboxylic acids is 1. The number of nitrogens with two attached hydrogens (primary N) is 1. The van der Waals surface area contributed by atoms with E-state index in [0.717, 1.165) is 6.42 Å². The first-order valence-electron chi connectivity index (χ1n) is 6.06. The molecule has 7 heteroatoms. The Hall–Kier alpha value is -0.790. The van der Waals surface area contributed by atoms with Crippen LogP contribution in [-0.4, -0.2) is 58.3 Å². The molecule has 0 aromatic rings. The molecule has 0 radical (unpaired) electrons. The fraction of sp³-hybridized carbons (Fsp3) is 0.818. The second-order valence-corrected chi connectivity index (χ2v) is 5.81. The van der Waals surface area contributed by atoms with Crippen LogP contribution in [0.25, 0.3) is 0 Å². The van der Waals surface area contributed by atoms with Gasteiger partial charge in [-0.3, -0.25) is 4.79 Å². The van der Waals surface area contributed by atoms with E-state index in [4.69, 9.17) is 10.5 Å². The molecule has 0 spiro atoms. The molecule has 0 aliphatic carbocycles. The van der Waals surface area contributed by atoms with Crippen LogP contribution in [0.5, 0.6) is 0 Å². The van der Waals surface area contributed by atoms with Crippen molar-refractivity contribution in [1.29, 1.82) is 0 Å². The van der Waals surface area contributed by atoms with E-state index >= 15 is 0 Å². The smallest absolute Gasteiger partial charge is 0.327 e. The molecule has 2 saturated heterocycles. The molecular weight excluding hydrogens is 256 g/mol. The van der Waals surface area contributed by atoms with Crippen molar-refractivity contribution in [2.45, 2.75) is 30.8 Å². The second kappa shape index (κ2) is 5.46. The first-order chi connectivity index (χ1) is 8.56. The number of thioether (sulfide) groups is 1. The summed E-state index contributed by atoms with van der Waals surface area (Å²) in [6.07, 6.45) is 0.739. The lowest BCUT2D eigenvalue weighted by atomic mass is 10.0. The number of rotatable bonds is 3. The summed E-state index contributed by atoms with van der Waals surface area (Å²) in [5.41, 5.74) is 5.83. The van der Waals surface area contributed by atoms with Crippen LogP contribution >= 0.6 is 11.8 Å². The fourth-order valence-electron chi connectivity index (χ4n) is 2.38. The Bertz CT molecular complexity index is 352. The molecule has 3 N–H and O–H groups in total. The number of carboxylic acid groups (broad SMARTS) is 1. The van der Waals surface area contributed by atoms with Crippen LogP contribution in [0, 0.1) is 5.92 Å². The van der Waals surface area contributed by atoms with Crippen molar-refractivity contribution in [3.05, 3.63) is 0 Å². The van der Waals surface area contributed by atoms with Gasteiger partial charge in [0.1, 0.15) is 6.04 Å². The van der Waals surface area contributed by atoms with Crippen LogP contribution in [0.15, 0.2) is 0 Å². The molecule has 102 valence electrons. The van der Waals surface area contributed by atoms with E-state index in [0.29, 0.717) is 19.0 Å². The van der Waals surface area contributed by atoms with E-state index < -0.39 is 17.9 Å². The number of carbonyl (C=O) groups is 2. The summed E-state index contributed by atoms with van der Waals surface area (Å²) in [5, 5.41) is 9.12. The Labute approximate surface area is 110 Å². The lowest BCUT2D eigenvalue weighted by Gasteiger charge is -2.29. The molecular formula is C11H18N2O4S. The zero-order chi connectivity index (χ0) is 13.3. The van der Waals surface area contributed by atoms with Gasteiger partial charge in [-0.25, -0.2) is 4.79 Å². The average molecular weight is 274 g/mol. The van der Waals surface area contributed by atoms with Gasteiger partial charge in [-0.2, -0.15) is 0 Å². The van der Waals surface area contributed by atoms with Gasteiger partial charge in [-0.15, -0.1) is 11.8 Å².